The number of nitrogens with zero attached hydrogens (tertiary/aromatic N) is 1. The van der Waals surface area contributed by atoms with E-state index in [1.54, 1.807) is 0 Å². The van der Waals surface area contributed by atoms with E-state index >= 15 is 0 Å². The maximum absolute atomic E-state index is 10.8. The van der Waals surface area contributed by atoms with Gasteiger partial charge in [-0.1, -0.05) is 13.3 Å². The van der Waals surface area contributed by atoms with E-state index in [1.807, 2.05) is 24.3 Å². The summed E-state index contributed by atoms with van der Waals surface area (Å²) in [4.78, 5) is 13.2. The van der Waals surface area contributed by atoms with Crippen molar-refractivity contribution in [3.05, 3.63) is 29.8 Å². The first-order valence-corrected chi connectivity index (χ1v) is 9.37. The molecule has 0 N–H and O–H groups in total. The Morgan fingerprint density at radius 3 is 2.62 bits per heavy atom. The average molecular weight is 333 g/mol. The smallest absolute Gasteiger partial charge is 0.157 e. The van der Waals surface area contributed by atoms with Crippen LogP contribution in [0.5, 0.6) is 0 Å². The van der Waals surface area contributed by atoms with Crippen molar-refractivity contribution in [3.8, 4) is 0 Å². The van der Waals surface area contributed by atoms with Crippen molar-refractivity contribution >= 4 is 12.0 Å². The normalized spacial score (nSPS) is 17.6. The van der Waals surface area contributed by atoms with E-state index in [0.29, 0.717) is 0 Å². The van der Waals surface area contributed by atoms with Gasteiger partial charge in [-0.3, -0.25) is 4.79 Å². The highest BCUT2D eigenvalue weighted by Gasteiger charge is 2.13. The van der Waals surface area contributed by atoms with E-state index in [4.69, 9.17) is 9.47 Å². The van der Waals surface area contributed by atoms with E-state index in [1.165, 1.54) is 24.9 Å². The second kappa shape index (κ2) is 11.2. The van der Waals surface area contributed by atoms with Crippen LogP contribution in [-0.4, -0.2) is 38.9 Å². The third-order valence-corrected chi connectivity index (χ3v) is 4.44. The lowest BCUT2D eigenvalue weighted by atomic mass is 10.2. The lowest BCUT2D eigenvalue weighted by Gasteiger charge is -2.25. The molecule has 4 nitrogen and oxygen atoms in total. The topological polar surface area (TPSA) is 38.8 Å². The van der Waals surface area contributed by atoms with Crippen LogP contribution in [0.4, 0.5) is 5.69 Å². The summed E-state index contributed by atoms with van der Waals surface area (Å²) >= 11 is 0. The van der Waals surface area contributed by atoms with Crippen molar-refractivity contribution in [3.63, 3.8) is 0 Å². The van der Waals surface area contributed by atoms with Gasteiger partial charge in [0.05, 0.1) is 0 Å². The van der Waals surface area contributed by atoms with Gasteiger partial charge in [0.2, 0.25) is 0 Å². The van der Waals surface area contributed by atoms with Crippen LogP contribution >= 0.6 is 0 Å². The average Bonchev–Trinajstić information content (AvgIpc) is 2.65. The Hall–Kier alpha value is -1.39. The highest BCUT2D eigenvalue weighted by atomic mass is 16.7. The quantitative estimate of drug-likeness (QED) is 0.443. The zero-order valence-corrected chi connectivity index (χ0v) is 14.9. The molecule has 1 aliphatic rings. The number of benzene rings is 1. The lowest BCUT2D eigenvalue weighted by Crippen LogP contribution is -2.26. The van der Waals surface area contributed by atoms with Gasteiger partial charge in [-0.25, -0.2) is 0 Å². The summed E-state index contributed by atoms with van der Waals surface area (Å²) in [5, 5.41) is 0. The molecule has 4 heteroatoms. The van der Waals surface area contributed by atoms with Crippen LogP contribution in [0.1, 0.15) is 62.2 Å². The number of rotatable bonds is 11. The number of carbonyl (C=O) groups is 1. The van der Waals surface area contributed by atoms with Gasteiger partial charge in [-0.2, -0.15) is 0 Å². The number of unbranched alkanes of at least 4 members (excludes halogenated alkanes) is 2. The molecule has 0 bridgehead atoms. The summed E-state index contributed by atoms with van der Waals surface area (Å²) in [6.07, 6.45) is 8.84. The second-order valence-corrected chi connectivity index (χ2v) is 6.42. The van der Waals surface area contributed by atoms with Crippen LogP contribution in [0.2, 0.25) is 0 Å². The van der Waals surface area contributed by atoms with Gasteiger partial charge in [0.1, 0.15) is 6.29 Å². The van der Waals surface area contributed by atoms with Crippen molar-refractivity contribution in [2.45, 2.75) is 58.2 Å². The molecule has 1 aliphatic heterocycles. The van der Waals surface area contributed by atoms with Gasteiger partial charge in [0.15, 0.2) is 6.29 Å². The largest absolute Gasteiger partial charge is 0.372 e. The lowest BCUT2D eigenvalue weighted by molar-refractivity contribution is -0.162. The van der Waals surface area contributed by atoms with E-state index in [9.17, 15) is 4.79 Å². The molecule has 1 fully saturated rings. The van der Waals surface area contributed by atoms with Crippen LogP contribution < -0.4 is 4.90 Å². The Labute approximate surface area is 146 Å². The van der Waals surface area contributed by atoms with Crippen LogP contribution in [0, 0.1) is 0 Å². The minimum absolute atomic E-state index is 0.0193. The van der Waals surface area contributed by atoms with Crippen molar-refractivity contribution in [1.82, 2.24) is 0 Å². The Morgan fingerprint density at radius 2 is 1.96 bits per heavy atom. The molecule has 134 valence electrons. The maximum atomic E-state index is 10.8. The molecule has 0 amide bonds. The standard InChI is InChI=1S/C20H31NO3/c1-2-3-13-21(19-11-9-18(17-22)10-12-19)14-5-7-16-24-20-8-4-6-15-23-20/h9-12,17,20H,2-8,13-16H2,1H3. The minimum Gasteiger partial charge on any atom is -0.372 e. The molecule has 1 aromatic carbocycles. The van der Waals surface area contributed by atoms with Crippen molar-refractivity contribution in [2.75, 3.05) is 31.2 Å². The van der Waals surface area contributed by atoms with Crippen LogP contribution in [0.3, 0.4) is 0 Å². The second-order valence-electron chi connectivity index (χ2n) is 6.42. The molecule has 0 radical (unpaired) electrons. The van der Waals surface area contributed by atoms with Gasteiger partial charge >= 0.3 is 0 Å². The monoisotopic (exact) mass is 333 g/mol. The predicted molar refractivity (Wildman–Crippen MR) is 97.7 cm³/mol. The molecule has 1 atom stereocenters. The maximum Gasteiger partial charge on any atom is 0.157 e. The number of hydrogen-bond acceptors (Lipinski definition) is 4. The summed E-state index contributed by atoms with van der Waals surface area (Å²) in [5.74, 6) is 0. The summed E-state index contributed by atoms with van der Waals surface area (Å²) < 4.78 is 11.4. The molecule has 0 spiro atoms. The molecule has 24 heavy (non-hydrogen) atoms. The van der Waals surface area contributed by atoms with E-state index < -0.39 is 0 Å². The number of ether oxygens (including phenoxy) is 2. The summed E-state index contributed by atoms with van der Waals surface area (Å²) in [6, 6.07) is 7.88. The van der Waals surface area contributed by atoms with Crippen LogP contribution in [0.15, 0.2) is 24.3 Å². The van der Waals surface area contributed by atoms with E-state index in [-0.39, 0.29) is 6.29 Å². The van der Waals surface area contributed by atoms with Crippen molar-refractivity contribution < 1.29 is 14.3 Å². The first-order chi connectivity index (χ1) is 11.8. The van der Waals surface area contributed by atoms with Gasteiger partial charge in [0, 0.05) is 37.6 Å². The van der Waals surface area contributed by atoms with Crippen LogP contribution in [0.25, 0.3) is 0 Å². The van der Waals surface area contributed by atoms with Crippen molar-refractivity contribution in [2.24, 2.45) is 0 Å². The molecule has 1 aromatic rings. The first kappa shape index (κ1) is 18.9. The molecule has 0 aliphatic carbocycles. The van der Waals surface area contributed by atoms with Gasteiger partial charge in [-0.15, -0.1) is 0 Å². The number of hydrogen-bond donors (Lipinski definition) is 0. The fourth-order valence-corrected chi connectivity index (χ4v) is 2.94. The zero-order chi connectivity index (χ0) is 17.0. The van der Waals surface area contributed by atoms with Crippen molar-refractivity contribution in [1.29, 1.82) is 0 Å². The molecule has 1 unspecified atom stereocenters. The molecule has 1 heterocycles. The molecule has 0 saturated carbocycles. The Morgan fingerprint density at radius 1 is 1.17 bits per heavy atom. The molecule has 2 rings (SSSR count). The molecule has 1 saturated heterocycles. The van der Waals surface area contributed by atoms with E-state index in [2.05, 4.69) is 11.8 Å². The zero-order valence-electron chi connectivity index (χ0n) is 14.9. The van der Waals surface area contributed by atoms with Gasteiger partial charge < -0.3 is 14.4 Å². The molecule has 0 aromatic heterocycles. The van der Waals surface area contributed by atoms with Crippen LogP contribution in [-0.2, 0) is 9.47 Å². The summed E-state index contributed by atoms with van der Waals surface area (Å²) in [7, 11) is 0. The summed E-state index contributed by atoms with van der Waals surface area (Å²) in [5.41, 5.74) is 1.93. The predicted octanol–water partition coefficient (Wildman–Crippen LogP) is 4.43. The first-order valence-electron chi connectivity index (χ1n) is 9.37. The minimum atomic E-state index is 0.0193. The fourth-order valence-electron chi connectivity index (χ4n) is 2.94. The Kier molecular flexibility index (Phi) is 8.85. The number of anilines is 1. The van der Waals surface area contributed by atoms with E-state index in [0.717, 1.165) is 63.8 Å². The highest BCUT2D eigenvalue weighted by molar-refractivity contribution is 5.75. The molecular weight excluding hydrogens is 302 g/mol. The summed E-state index contributed by atoms with van der Waals surface area (Å²) in [6.45, 7) is 5.91. The Bertz CT molecular complexity index is 454. The molecular formula is C20H31NO3. The third-order valence-electron chi connectivity index (χ3n) is 4.44. The fraction of sp³-hybridized carbons (Fsp3) is 0.650. The third kappa shape index (κ3) is 6.62. The number of aldehydes is 1. The SMILES string of the molecule is CCCCN(CCCCOC1CCCCO1)c1ccc(C=O)cc1. The van der Waals surface area contributed by atoms with Gasteiger partial charge in [0.25, 0.3) is 0 Å². The van der Waals surface area contributed by atoms with Gasteiger partial charge in [-0.05, 0) is 62.8 Å². The highest BCUT2D eigenvalue weighted by Crippen LogP contribution is 2.17. The number of carbonyl (C=O) groups excluding carboxylic acids is 1. The Balaban J connectivity index is 1.72.